The normalized spacial score (nSPS) is 8.29. The van der Waals surface area contributed by atoms with E-state index in [0.29, 0.717) is 5.75 Å². The number of hydrogen-bond acceptors (Lipinski definition) is 6. The van der Waals surface area contributed by atoms with Gasteiger partial charge in [0.05, 0.1) is 25.2 Å². The largest absolute Gasteiger partial charge is 0.496 e. The van der Waals surface area contributed by atoms with E-state index in [1.807, 2.05) is 32.0 Å². The molecule has 0 fully saturated rings. The second-order valence-electron chi connectivity index (χ2n) is 4.96. The van der Waals surface area contributed by atoms with Gasteiger partial charge in [0.25, 0.3) is 5.69 Å². The lowest BCUT2D eigenvalue weighted by Crippen LogP contribution is -1.91. The van der Waals surface area contributed by atoms with Gasteiger partial charge in [-0.25, -0.2) is 0 Å². The van der Waals surface area contributed by atoms with Gasteiger partial charge >= 0.3 is 0 Å². The smallest absolute Gasteiger partial charge is 0.273 e. The van der Waals surface area contributed by atoms with E-state index in [4.69, 9.17) is 29.5 Å². The molecule has 0 atom stereocenters. The Morgan fingerprint density at radius 2 is 1.46 bits per heavy atom. The maximum Gasteiger partial charge on any atom is 0.273 e. The molecule has 7 nitrogen and oxygen atoms in total. The molecule has 162 valence electrons. The molecule has 0 aliphatic carbocycles. The summed E-state index contributed by atoms with van der Waals surface area (Å²) >= 11 is 0. The lowest BCUT2D eigenvalue weighted by atomic mass is 10.2. The van der Waals surface area contributed by atoms with Crippen LogP contribution in [-0.2, 0) is 0 Å². The van der Waals surface area contributed by atoms with E-state index in [0.717, 1.165) is 22.6 Å². The molecule has 0 radical (unpaired) electrons. The minimum atomic E-state index is -0.443. The van der Waals surface area contributed by atoms with Crippen LogP contribution in [-0.4, -0.2) is 30.9 Å². The summed E-state index contributed by atoms with van der Waals surface area (Å²) in [6, 6.07) is 10.1. The molecule has 0 bridgehead atoms. The van der Waals surface area contributed by atoms with Crippen molar-refractivity contribution in [3.63, 3.8) is 0 Å². The number of halogens is 3. The summed E-state index contributed by atoms with van der Waals surface area (Å²) < 4.78 is 26.0. The van der Waals surface area contributed by atoms with Gasteiger partial charge in [-0.05, 0) is 44.0 Å². The standard InChI is InChI=1S/C8H9NO3.C8H11NO.C2H6O.F2.FH.H2/c1-6-3-4-7(9(10)11)5-8(6)12-2;1-6-3-4-7(9)5-8(6)10-2;1-2-3;1-2;;/h3-5H,1-2H3;3-5H,9H2,1-2H3;3H,2H2,1H3;;2*1H. The van der Waals surface area contributed by atoms with Crippen molar-refractivity contribution >= 4 is 11.4 Å². The fourth-order valence-corrected chi connectivity index (χ4v) is 1.76. The number of aliphatic hydroxyl groups excluding tert-OH is 1. The molecule has 0 saturated heterocycles. The van der Waals surface area contributed by atoms with Gasteiger partial charge in [-0.3, -0.25) is 14.8 Å². The first-order valence-electron chi connectivity index (χ1n) is 7.74. The number of hydrogen-bond donors (Lipinski definition) is 2. The summed E-state index contributed by atoms with van der Waals surface area (Å²) in [5.74, 6) is 1.39. The maximum atomic E-state index is 10.3. The molecule has 0 aromatic heterocycles. The first-order chi connectivity index (χ1) is 12.8. The van der Waals surface area contributed by atoms with E-state index in [1.54, 1.807) is 20.1 Å². The molecular formula is C18H29F3N2O5. The van der Waals surface area contributed by atoms with Crippen LogP contribution in [0.25, 0.3) is 0 Å². The van der Waals surface area contributed by atoms with Gasteiger partial charge in [-0.15, -0.1) is 0 Å². The van der Waals surface area contributed by atoms with Gasteiger partial charge in [0.15, 0.2) is 0 Å². The van der Waals surface area contributed by atoms with Crippen molar-refractivity contribution in [1.29, 1.82) is 0 Å². The number of rotatable bonds is 3. The molecule has 2 aromatic rings. The Morgan fingerprint density at radius 1 is 1.07 bits per heavy atom. The van der Waals surface area contributed by atoms with E-state index < -0.39 is 4.92 Å². The summed E-state index contributed by atoms with van der Waals surface area (Å²) in [5.41, 5.74) is 8.31. The van der Waals surface area contributed by atoms with Crippen LogP contribution in [0.3, 0.4) is 0 Å². The van der Waals surface area contributed by atoms with Crippen LogP contribution in [0.5, 0.6) is 11.5 Å². The average Bonchev–Trinajstić information content (AvgIpc) is 2.66. The van der Waals surface area contributed by atoms with E-state index in [9.17, 15) is 10.1 Å². The van der Waals surface area contributed by atoms with Crippen LogP contribution >= 0.6 is 0 Å². The van der Waals surface area contributed by atoms with Gasteiger partial charge in [0.1, 0.15) is 11.5 Å². The Bertz CT molecular complexity index is 695. The molecule has 0 saturated carbocycles. The molecule has 10 heteroatoms. The van der Waals surface area contributed by atoms with Crippen LogP contribution in [0.2, 0.25) is 0 Å². The predicted molar refractivity (Wildman–Crippen MR) is 106 cm³/mol. The predicted octanol–water partition coefficient (Wildman–Crippen LogP) is 4.74. The summed E-state index contributed by atoms with van der Waals surface area (Å²) in [6.45, 7) is 5.75. The number of aliphatic hydroxyl groups is 1. The highest BCUT2D eigenvalue weighted by Gasteiger charge is 2.07. The van der Waals surface area contributed by atoms with Gasteiger partial charge in [-0.1, -0.05) is 6.07 Å². The number of nitrogens with two attached hydrogens (primary N) is 1. The SMILES string of the molecule is CCO.COc1cc(N)ccc1C.COc1cc([N+](=O)[O-])ccc1C.F.FF.[HH]. The van der Waals surface area contributed by atoms with Crippen molar-refractivity contribution in [2.45, 2.75) is 20.8 Å². The zero-order valence-corrected chi connectivity index (χ0v) is 16.4. The highest BCUT2D eigenvalue weighted by Crippen LogP contribution is 2.23. The molecule has 3 N–H and O–H groups in total. The van der Waals surface area contributed by atoms with Crippen LogP contribution in [0.4, 0.5) is 25.2 Å². The van der Waals surface area contributed by atoms with Crippen LogP contribution in [0, 0.1) is 24.0 Å². The summed E-state index contributed by atoms with van der Waals surface area (Å²) in [5, 5.41) is 17.9. The van der Waals surface area contributed by atoms with E-state index >= 15 is 0 Å². The van der Waals surface area contributed by atoms with Gasteiger partial charge < -0.3 is 20.3 Å². The van der Waals surface area contributed by atoms with E-state index in [-0.39, 0.29) is 18.4 Å². The monoisotopic (exact) mass is 410 g/mol. The molecule has 0 amide bonds. The molecule has 0 spiro atoms. The minimum absolute atomic E-state index is 0. The second-order valence-corrected chi connectivity index (χ2v) is 4.96. The number of nitro groups is 1. The molecular weight excluding hydrogens is 381 g/mol. The minimum Gasteiger partial charge on any atom is -0.496 e. The molecule has 0 aliphatic rings. The number of nitrogens with zero attached hydrogens (tertiary/aromatic N) is 1. The number of methoxy groups -OCH3 is 2. The zero-order valence-electron chi connectivity index (χ0n) is 16.4. The quantitative estimate of drug-likeness (QED) is 0.430. The Balaban J connectivity index is -0.000000168. The van der Waals surface area contributed by atoms with Gasteiger partial charge in [0.2, 0.25) is 0 Å². The van der Waals surface area contributed by atoms with Crippen molar-refractivity contribution in [2.24, 2.45) is 0 Å². The molecule has 2 rings (SSSR count). The molecule has 0 heterocycles. The number of ether oxygens (including phenoxy) is 2. The van der Waals surface area contributed by atoms with Crippen molar-refractivity contribution in [3.05, 3.63) is 57.6 Å². The lowest BCUT2D eigenvalue weighted by Gasteiger charge is -2.03. The van der Waals surface area contributed by atoms with Crippen molar-refractivity contribution < 1.29 is 34.8 Å². The third-order valence-electron chi connectivity index (χ3n) is 3.03. The fourth-order valence-electron chi connectivity index (χ4n) is 1.76. The summed E-state index contributed by atoms with van der Waals surface area (Å²) in [6.07, 6.45) is 0. The fraction of sp³-hybridized carbons (Fsp3) is 0.333. The first kappa shape index (κ1) is 29.7. The number of aryl methyl sites for hydroxylation is 2. The van der Waals surface area contributed by atoms with Crippen molar-refractivity contribution in [2.75, 3.05) is 26.6 Å². The maximum absolute atomic E-state index is 10.3. The third-order valence-corrected chi connectivity index (χ3v) is 3.03. The van der Waals surface area contributed by atoms with Crippen LogP contribution in [0.1, 0.15) is 19.5 Å². The Kier molecular flexibility index (Phi) is 18.5. The Labute approximate surface area is 163 Å². The molecule has 0 aliphatic heterocycles. The number of non-ortho nitro benzene ring substituents is 1. The summed E-state index contributed by atoms with van der Waals surface area (Å²) in [7, 11) is 3.13. The number of anilines is 1. The highest BCUT2D eigenvalue weighted by molar-refractivity contribution is 5.47. The first-order valence-corrected chi connectivity index (χ1v) is 7.74. The van der Waals surface area contributed by atoms with Gasteiger partial charge in [0, 0.05) is 35.0 Å². The molecule has 0 unspecified atom stereocenters. The van der Waals surface area contributed by atoms with Crippen molar-refractivity contribution in [1.82, 2.24) is 0 Å². The van der Waals surface area contributed by atoms with Gasteiger partial charge in [-0.2, -0.15) is 0 Å². The zero-order chi connectivity index (χ0) is 21.4. The topological polar surface area (TPSA) is 108 Å². The third kappa shape index (κ3) is 11.6. The van der Waals surface area contributed by atoms with E-state index in [1.165, 1.54) is 19.2 Å². The number of nitrogen functional groups attached to an aromatic ring is 1. The second kappa shape index (κ2) is 17.4. The lowest BCUT2D eigenvalue weighted by molar-refractivity contribution is -0.384. The highest BCUT2D eigenvalue weighted by atomic mass is 20.0. The Morgan fingerprint density at radius 3 is 1.82 bits per heavy atom. The average molecular weight is 410 g/mol. The molecule has 28 heavy (non-hydrogen) atoms. The van der Waals surface area contributed by atoms with Crippen LogP contribution < -0.4 is 15.2 Å². The Hall–Kier alpha value is -3.01. The molecule has 2 aromatic carbocycles. The number of benzene rings is 2. The van der Waals surface area contributed by atoms with E-state index in [2.05, 4.69) is 0 Å². The van der Waals surface area contributed by atoms with Crippen molar-refractivity contribution in [3.8, 4) is 11.5 Å². The van der Waals surface area contributed by atoms with Crippen LogP contribution in [0.15, 0.2) is 36.4 Å². The summed E-state index contributed by atoms with van der Waals surface area (Å²) in [4.78, 5) is 9.89. The number of nitro benzene ring substituents is 1.